The zero-order valence-electron chi connectivity index (χ0n) is 8.44. The summed E-state index contributed by atoms with van der Waals surface area (Å²) in [5, 5.41) is 0. The van der Waals surface area contributed by atoms with Crippen molar-refractivity contribution in [2.75, 3.05) is 0 Å². The summed E-state index contributed by atoms with van der Waals surface area (Å²) < 4.78 is 29.0. The van der Waals surface area contributed by atoms with E-state index in [9.17, 15) is 13.2 Å². The number of nitrogens with two attached hydrogens (primary N) is 1. The predicted octanol–water partition coefficient (Wildman–Crippen LogP) is -0.523. The molecule has 0 amide bonds. The topological polar surface area (TPSA) is 97.5 Å². The first-order valence-corrected chi connectivity index (χ1v) is 5.38. The first-order valence-electron chi connectivity index (χ1n) is 3.94. The fraction of sp³-hybridized carbons (Fsp3) is 0.625. The molecule has 0 bridgehead atoms. The monoisotopic (exact) mass is 245 g/mol. The molecule has 7 heteroatoms. The van der Waals surface area contributed by atoms with Gasteiger partial charge < -0.3 is 5.73 Å². The second-order valence-electron chi connectivity index (χ2n) is 3.70. The van der Waals surface area contributed by atoms with Crippen LogP contribution in [0.15, 0.2) is 12.2 Å². The number of hydrogen-bond donors (Lipinski definition) is 2. The van der Waals surface area contributed by atoms with Gasteiger partial charge in [-0.25, -0.2) is 0 Å². The van der Waals surface area contributed by atoms with Gasteiger partial charge in [0.1, 0.15) is 4.75 Å². The molecule has 84 valence electrons. The molecule has 0 radical (unpaired) electrons. The normalized spacial score (nSPS) is 13.9. The minimum atomic E-state index is -4.37. The SMILES string of the molecule is C=C(C)C(=O)C(N)C(C)(C)S(=O)(=O)O.[NaH]. The Morgan fingerprint density at radius 2 is 1.80 bits per heavy atom. The molecule has 5 nitrogen and oxygen atoms in total. The first kappa shape index (κ1) is 17.7. The van der Waals surface area contributed by atoms with Crippen LogP contribution in [0, 0.1) is 0 Å². The van der Waals surface area contributed by atoms with Crippen LogP contribution in [0.4, 0.5) is 0 Å². The molecule has 15 heavy (non-hydrogen) atoms. The van der Waals surface area contributed by atoms with Gasteiger partial charge in [0.2, 0.25) is 0 Å². The molecule has 0 spiro atoms. The van der Waals surface area contributed by atoms with Crippen LogP contribution in [0.25, 0.3) is 0 Å². The van der Waals surface area contributed by atoms with Crippen molar-refractivity contribution in [1.82, 2.24) is 0 Å². The number of Topliss-reactive ketones (excluding diaryl/α,β-unsaturated/α-hetero) is 1. The van der Waals surface area contributed by atoms with Gasteiger partial charge in [0.25, 0.3) is 10.1 Å². The van der Waals surface area contributed by atoms with Crippen molar-refractivity contribution in [2.24, 2.45) is 5.73 Å². The maximum absolute atomic E-state index is 11.3. The van der Waals surface area contributed by atoms with Crippen LogP contribution in [0.5, 0.6) is 0 Å². The van der Waals surface area contributed by atoms with Gasteiger partial charge in [0.05, 0.1) is 6.04 Å². The van der Waals surface area contributed by atoms with Crippen LogP contribution in [0.1, 0.15) is 20.8 Å². The van der Waals surface area contributed by atoms with Crippen LogP contribution in [0.2, 0.25) is 0 Å². The Morgan fingerprint density at radius 3 is 2.00 bits per heavy atom. The molecule has 0 saturated carbocycles. The van der Waals surface area contributed by atoms with Crippen molar-refractivity contribution < 1.29 is 17.8 Å². The molecule has 0 heterocycles. The molecular formula is C8H16NNaO4S. The van der Waals surface area contributed by atoms with E-state index in [2.05, 4.69) is 6.58 Å². The van der Waals surface area contributed by atoms with E-state index in [0.29, 0.717) is 0 Å². The van der Waals surface area contributed by atoms with Crippen LogP contribution in [-0.4, -0.2) is 59.1 Å². The average molecular weight is 245 g/mol. The maximum atomic E-state index is 11.3. The average Bonchev–Trinajstić information content (AvgIpc) is 1.99. The molecule has 0 aromatic heterocycles. The Morgan fingerprint density at radius 1 is 1.47 bits per heavy atom. The molecule has 0 fully saturated rings. The fourth-order valence-electron chi connectivity index (χ4n) is 0.742. The van der Waals surface area contributed by atoms with Gasteiger partial charge in [-0.15, -0.1) is 0 Å². The number of rotatable bonds is 4. The molecule has 0 aliphatic heterocycles. The summed E-state index contributed by atoms with van der Waals surface area (Å²) in [7, 11) is -4.37. The van der Waals surface area contributed by atoms with Crippen molar-refractivity contribution >= 4 is 45.5 Å². The van der Waals surface area contributed by atoms with Crippen molar-refractivity contribution in [3.8, 4) is 0 Å². The number of carbonyl (C=O) groups excluding carboxylic acids is 1. The van der Waals surface area contributed by atoms with Gasteiger partial charge in [-0.3, -0.25) is 9.35 Å². The van der Waals surface area contributed by atoms with E-state index in [1.54, 1.807) is 0 Å². The quantitative estimate of drug-likeness (QED) is 0.394. The second-order valence-corrected chi connectivity index (χ2v) is 5.70. The zero-order valence-corrected chi connectivity index (χ0v) is 9.26. The van der Waals surface area contributed by atoms with E-state index >= 15 is 0 Å². The van der Waals surface area contributed by atoms with E-state index in [0.717, 1.165) is 0 Å². The molecule has 0 aromatic rings. The molecule has 1 atom stereocenters. The summed E-state index contributed by atoms with van der Waals surface area (Å²) in [6, 6.07) is -1.31. The molecule has 0 aliphatic rings. The third-order valence-corrected chi connectivity index (χ3v) is 3.70. The van der Waals surface area contributed by atoms with Crippen molar-refractivity contribution in [2.45, 2.75) is 31.6 Å². The second kappa shape index (κ2) is 5.56. The predicted molar refractivity (Wildman–Crippen MR) is 60.6 cm³/mol. The Labute approximate surface area is 112 Å². The summed E-state index contributed by atoms with van der Waals surface area (Å²) in [5.41, 5.74) is 5.59. The summed E-state index contributed by atoms with van der Waals surface area (Å²) in [5.74, 6) is -0.576. The van der Waals surface area contributed by atoms with Gasteiger partial charge in [0, 0.05) is 0 Å². The number of carbonyl (C=O) groups is 1. The molecule has 0 aromatic carbocycles. The Balaban J connectivity index is 0. The van der Waals surface area contributed by atoms with Crippen molar-refractivity contribution in [3.05, 3.63) is 12.2 Å². The molecular weight excluding hydrogens is 229 g/mol. The molecule has 1 unspecified atom stereocenters. The molecule has 0 rings (SSSR count). The Hall–Kier alpha value is 0.280. The summed E-state index contributed by atoms with van der Waals surface area (Å²) in [6.45, 7) is 7.18. The Kier molecular flexibility index (Phi) is 6.55. The molecule has 0 aliphatic carbocycles. The summed E-state index contributed by atoms with van der Waals surface area (Å²) in [4.78, 5) is 11.3. The van der Waals surface area contributed by atoms with Gasteiger partial charge >= 0.3 is 29.6 Å². The van der Waals surface area contributed by atoms with E-state index in [-0.39, 0.29) is 35.1 Å². The van der Waals surface area contributed by atoms with Gasteiger partial charge in [-0.1, -0.05) is 6.58 Å². The van der Waals surface area contributed by atoms with Crippen molar-refractivity contribution in [3.63, 3.8) is 0 Å². The molecule has 3 N–H and O–H groups in total. The van der Waals surface area contributed by atoms with E-state index in [1.165, 1.54) is 20.8 Å². The van der Waals surface area contributed by atoms with Crippen LogP contribution >= 0.6 is 0 Å². The van der Waals surface area contributed by atoms with E-state index in [1.807, 2.05) is 0 Å². The minimum absolute atomic E-state index is 0. The van der Waals surface area contributed by atoms with Gasteiger partial charge in [-0.2, -0.15) is 8.42 Å². The summed E-state index contributed by atoms with van der Waals surface area (Å²) in [6.07, 6.45) is 0. The summed E-state index contributed by atoms with van der Waals surface area (Å²) >= 11 is 0. The third kappa shape index (κ3) is 3.97. The van der Waals surface area contributed by atoms with Gasteiger partial charge in [0.15, 0.2) is 5.78 Å². The number of ketones is 1. The zero-order chi connectivity index (χ0) is 11.7. The Bertz CT molecular complexity index is 361. The number of hydrogen-bond acceptors (Lipinski definition) is 4. The fourth-order valence-corrected chi connectivity index (χ4v) is 1.17. The molecule has 0 saturated heterocycles. The van der Waals surface area contributed by atoms with Crippen molar-refractivity contribution in [1.29, 1.82) is 0 Å². The standard InChI is InChI=1S/C8H15NO4S.Na.H/c1-5(2)6(10)7(9)8(3,4)14(11,12)13;;/h7H,1,9H2,2-4H3,(H,11,12,13);;. The van der Waals surface area contributed by atoms with E-state index in [4.69, 9.17) is 10.3 Å². The van der Waals surface area contributed by atoms with Gasteiger partial charge in [-0.05, 0) is 26.3 Å². The van der Waals surface area contributed by atoms with Crippen LogP contribution < -0.4 is 5.73 Å². The third-order valence-electron chi connectivity index (χ3n) is 2.12. The first-order chi connectivity index (χ1) is 6.01. The van der Waals surface area contributed by atoms with Crippen LogP contribution in [0.3, 0.4) is 0 Å². The van der Waals surface area contributed by atoms with Crippen LogP contribution in [-0.2, 0) is 14.9 Å². The van der Waals surface area contributed by atoms with E-state index < -0.39 is 26.7 Å².